The topological polar surface area (TPSA) is 84.8 Å². The molecule has 0 spiro atoms. The Morgan fingerprint density at radius 2 is 2.00 bits per heavy atom. The van der Waals surface area contributed by atoms with Gasteiger partial charge in [0.25, 0.3) is 5.56 Å². The third-order valence-corrected chi connectivity index (χ3v) is 5.60. The van der Waals surface area contributed by atoms with Gasteiger partial charge in [-0.25, -0.2) is 13.5 Å². The van der Waals surface area contributed by atoms with Gasteiger partial charge in [0.05, 0.1) is 10.5 Å². The van der Waals surface area contributed by atoms with Crippen LogP contribution in [0.4, 0.5) is 0 Å². The van der Waals surface area contributed by atoms with Crippen LogP contribution in [0.5, 0.6) is 0 Å². The average Bonchev–Trinajstić information content (AvgIpc) is 2.86. The van der Waals surface area contributed by atoms with Gasteiger partial charge in [-0.3, -0.25) is 4.79 Å². The predicted molar refractivity (Wildman–Crippen MR) is 88.2 cm³/mol. The van der Waals surface area contributed by atoms with Crippen molar-refractivity contribution in [3.63, 3.8) is 0 Å². The van der Waals surface area contributed by atoms with Gasteiger partial charge in [-0.05, 0) is 12.1 Å². The van der Waals surface area contributed by atoms with E-state index in [1.807, 2.05) is 6.07 Å². The van der Waals surface area contributed by atoms with Gasteiger partial charge in [0.1, 0.15) is 0 Å². The molecule has 0 bridgehead atoms. The fraction of sp³-hybridized carbons (Fsp3) is 0.0667. The standard InChI is InChI=1S/C15H12ClN3O3S/c1-2-15(23(21,22)14-8-7-13(20)17-18-14)19-9-11(16)10-5-3-4-6-12(10)19/h2-9,15H,1H2,(H,17,20). The van der Waals surface area contributed by atoms with Gasteiger partial charge in [0.2, 0.25) is 9.84 Å². The first-order valence-corrected chi connectivity index (χ1v) is 8.55. The molecule has 8 heteroatoms. The van der Waals surface area contributed by atoms with Crippen molar-refractivity contribution < 1.29 is 8.42 Å². The van der Waals surface area contributed by atoms with E-state index in [2.05, 4.69) is 16.8 Å². The summed E-state index contributed by atoms with van der Waals surface area (Å²) in [4.78, 5) is 11.1. The van der Waals surface area contributed by atoms with E-state index in [-0.39, 0.29) is 5.03 Å². The minimum atomic E-state index is -3.89. The average molecular weight is 350 g/mol. The van der Waals surface area contributed by atoms with Crippen molar-refractivity contribution in [2.24, 2.45) is 0 Å². The van der Waals surface area contributed by atoms with Crippen LogP contribution in [0.2, 0.25) is 5.02 Å². The van der Waals surface area contributed by atoms with Crippen LogP contribution in [0.3, 0.4) is 0 Å². The van der Waals surface area contributed by atoms with E-state index in [9.17, 15) is 13.2 Å². The number of para-hydroxylation sites is 1. The van der Waals surface area contributed by atoms with Crippen molar-refractivity contribution in [2.45, 2.75) is 10.4 Å². The Balaban J connectivity index is 2.20. The van der Waals surface area contributed by atoms with Gasteiger partial charge in [-0.15, -0.1) is 0 Å². The molecular formula is C15H12ClN3O3S. The Bertz CT molecular complexity index is 1030. The lowest BCUT2D eigenvalue weighted by Gasteiger charge is -2.16. The number of H-pyrrole nitrogens is 1. The molecule has 0 aliphatic rings. The summed E-state index contributed by atoms with van der Waals surface area (Å²) in [5.41, 5.74) is 0.184. The molecule has 1 atom stereocenters. The number of nitrogens with one attached hydrogen (secondary N) is 1. The van der Waals surface area contributed by atoms with Crippen LogP contribution in [-0.2, 0) is 9.84 Å². The van der Waals surface area contributed by atoms with Crippen LogP contribution in [0.1, 0.15) is 5.37 Å². The number of nitrogens with zero attached hydrogens (tertiary/aromatic N) is 2. The van der Waals surface area contributed by atoms with E-state index >= 15 is 0 Å². The first-order valence-electron chi connectivity index (χ1n) is 6.62. The number of hydrogen-bond acceptors (Lipinski definition) is 4. The lowest BCUT2D eigenvalue weighted by molar-refractivity contribution is 0.568. The van der Waals surface area contributed by atoms with Crippen LogP contribution in [-0.4, -0.2) is 23.2 Å². The monoisotopic (exact) mass is 349 g/mol. The molecule has 0 saturated heterocycles. The molecule has 118 valence electrons. The molecule has 3 rings (SSSR count). The van der Waals surface area contributed by atoms with Crippen molar-refractivity contribution in [3.05, 3.63) is 70.6 Å². The van der Waals surface area contributed by atoms with Crippen molar-refractivity contribution >= 4 is 32.3 Å². The van der Waals surface area contributed by atoms with Gasteiger partial charge in [-0.2, -0.15) is 5.10 Å². The summed E-state index contributed by atoms with van der Waals surface area (Å²) in [7, 11) is -3.89. The van der Waals surface area contributed by atoms with Crippen molar-refractivity contribution in [2.75, 3.05) is 0 Å². The Labute approximate surface area is 136 Å². The summed E-state index contributed by atoms with van der Waals surface area (Å²) >= 11 is 6.18. The Morgan fingerprint density at radius 1 is 1.26 bits per heavy atom. The van der Waals surface area contributed by atoms with Crippen molar-refractivity contribution in [1.82, 2.24) is 14.8 Å². The minimum Gasteiger partial charge on any atom is -0.325 e. The maximum atomic E-state index is 12.8. The third kappa shape index (κ3) is 2.58. The number of rotatable bonds is 4. The van der Waals surface area contributed by atoms with Crippen LogP contribution in [0.25, 0.3) is 10.9 Å². The fourth-order valence-electron chi connectivity index (χ4n) is 2.38. The molecule has 0 amide bonds. The van der Waals surface area contributed by atoms with Gasteiger partial charge in [0.15, 0.2) is 10.4 Å². The Hall–Kier alpha value is -2.38. The predicted octanol–water partition coefficient (Wildman–Crippen LogP) is 2.54. The first-order chi connectivity index (χ1) is 10.9. The highest BCUT2D eigenvalue weighted by atomic mass is 35.5. The van der Waals surface area contributed by atoms with Crippen LogP contribution in [0.15, 0.2) is 65.1 Å². The number of fused-ring (bicyclic) bond motifs is 1. The quantitative estimate of drug-likeness (QED) is 0.733. The summed E-state index contributed by atoms with van der Waals surface area (Å²) < 4.78 is 27.1. The van der Waals surface area contributed by atoms with Gasteiger partial charge in [-0.1, -0.05) is 42.5 Å². The Morgan fingerprint density at radius 3 is 2.65 bits per heavy atom. The zero-order valence-corrected chi connectivity index (χ0v) is 13.4. The fourth-order valence-corrected chi connectivity index (χ4v) is 4.05. The molecule has 0 aliphatic carbocycles. The second-order valence-corrected chi connectivity index (χ2v) is 7.23. The van der Waals surface area contributed by atoms with Gasteiger partial charge in [0, 0.05) is 17.6 Å². The highest BCUT2D eigenvalue weighted by Gasteiger charge is 2.29. The molecular weight excluding hydrogens is 338 g/mol. The number of aromatic amines is 1. The SMILES string of the molecule is C=CC(n1cc(Cl)c2ccccc21)S(=O)(=O)c1ccc(=O)[nH]n1. The maximum absolute atomic E-state index is 12.8. The molecule has 2 heterocycles. The van der Waals surface area contributed by atoms with E-state index in [0.717, 1.165) is 17.5 Å². The summed E-state index contributed by atoms with van der Waals surface area (Å²) in [6.45, 7) is 3.62. The second kappa shape index (κ2) is 5.68. The number of hydrogen-bond donors (Lipinski definition) is 1. The molecule has 1 N–H and O–H groups in total. The molecule has 23 heavy (non-hydrogen) atoms. The number of aromatic nitrogens is 3. The summed E-state index contributed by atoms with van der Waals surface area (Å²) in [6.07, 6.45) is 2.84. The van der Waals surface area contributed by atoms with E-state index in [1.54, 1.807) is 24.4 Å². The lowest BCUT2D eigenvalue weighted by Crippen LogP contribution is -2.20. The largest absolute Gasteiger partial charge is 0.325 e. The number of sulfone groups is 1. The second-order valence-electron chi connectivity index (χ2n) is 4.83. The van der Waals surface area contributed by atoms with Gasteiger partial charge >= 0.3 is 0 Å². The van der Waals surface area contributed by atoms with E-state index in [4.69, 9.17) is 11.6 Å². The minimum absolute atomic E-state index is 0.240. The van der Waals surface area contributed by atoms with E-state index in [1.165, 1.54) is 10.6 Å². The molecule has 6 nitrogen and oxygen atoms in total. The summed E-state index contributed by atoms with van der Waals surface area (Å²) in [6, 6.07) is 9.46. The van der Waals surface area contributed by atoms with E-state index < -0.39 is 20.8 Å². The molecule has 2 aromatic heterocycles. The Kier molecular flexibility index (Phi) is 3.83. The smallest absolute Gasteiger partial charge is 0.264 e. The number of benzene rings is 1. The molecule has 0 saturated carbocycles. The zero-order valence-electron chi connectivity index (χ0n) is 11.8. The van der Waals surface area contributed by atoms with E-state index in [0.29, 0.717) is 10.5 Å². The number of halogens is 1. The normalized spacial score (nSPS) is 13.1. The molecule has 0 fully saturated rings. The maximum Gasteiger partial charge on any atom is 0.264 e. The third-order valence-electron chi connectivity index (χ3n) is 3.43. The van der Waals surface area contributed by atoms with Crippen LogP contribution < -0.4 is 5.56 Å². The molecule has 0 radical (unpaired) electrons. The summed E-state index contributed by atoms with van der Waals surface area (Å²) in [5.74, 6) is 0. The van der Waals surface area contributed by atoms with Crippen LogP contribution in [0, 0.1) is 0 Å². The van der Waals surface area contributed by atoms with Crippen LogP contribution >= 0.6 is 11.6 Å². The first kappa shape index (κ1) is 15.5. The van der Waals surface area contributed by atoms with Crippen molar-refractivity contribution in [1.29, 1.82) is 0 Å². The summed E-state index contributed by atoms with van der Waals surface area (Å²) in [5, 5.41) is 5.58. The highest BCUT2D eigenvalue weighted by molar-refractivity contribution is 7.91. The molecule has 1 unspecified atom stereocenters. The highest BCUT2D eigenvalue weighted by Crippen LogP contribution is 2.32. The lowest BCUT2D eigenvalue weighted by atomic mass is 10.2. The molecule has 1 aromatic carbocycles. The molecule has 3 aromatic rings. The van der Waals surface area contributed by atoms with Gasteiger partial charge < -0.3 is 4.57 Å². The van der Waals surface area contributed by atoms with Crippen molar-refractivity contribution in [3.8, 4) is 0 Å². The zero-order chi connectivity index (χ0) is 16.6. The molecule has 0 aliphatic heterocycles.